The van der Waals surface area contributed by atoms with Crippen molar-refractivity contribution in [2.75, 3.05) is 45.8 Å². The smallest absolute Gasteiger partial charge is 0.308 e. The average Bonchev–Trinajstić information content (AvgIpc) is 2.86. The Balaban J connectivity index is 1.90. The molecular weight excluding hydrogens is 242 g/mol. The largest absolute Gasteiger partial charge is 0.481 e. The van der Waals surface area contributed by atoms with Crippen LogP contribution in [0.1, 0.15) is 20.3 Å². The minimum absolute atomic E-state index is 0.207. The molecule has 0 aromatic rings. The lowest BCUT2D eigenvalue weighted by molar-refractivity contribution is -0.144. The third kappa shape index (κ3) is 3.91. The van der Waals surface area contributed by atoms with E-state index in [4.69, 9.17) is 0 Å². The quantitative estimate of drug-likeness (QED) is 0.753. The fourth-order valence-corrected chi connectivity index (χ4v) is 3.21. The lowest BCUT2D eigenvalue weighted by Crippen LogP contribution is -2.47. The van der Waals surface area contributed by atoms with Crippen LogP contribution in [0, 0.1) is 11.8 Å². The Morgan fingerprint density at radius 2 is 2.00 bits per heavy atom. The molecule has 2 unspecified atom stereocenters. The summed E-state index contributed by atoms with van der Waals surface area (Å²) in [4.78, 5) is 16.3. The summed E-state index contributed by atoms with van der Waals surface area (Å²) in [7, 11) is 0. The van der Waals surface area contributed by atoms with Crippen LogP contribution in [0.2, 0.25) is 0 Å². The van der Waals surface area contributed by atoms with Crippen LogP contribution in [0.5, 0.6) is 0 Å². The van der Waals surface area contributed by atoms with Crippen molar-refractivity contribution in [2.45, 2.75) is 26.3 Å². The zero-order chi connectivity index (χ0) is 13.8. The van der Waals surface area contributed by atoms with Crippen molar-refractivity contribution in [3.63, 3.8) is 0 Å². The van der Waals surface area contributed by atoms with E-state index in [2.05, 4.69) is 29.0 Å². The maximum atomic E-state index is 11.6. The van der Waals surface area contributed by atoms with Crippen LogP contribution in [0.3, 0.4) is 0 Å². The van der Waals surface area contributed by atoms with Gasteiger partial charge >= 0.3 is 5.97 Å². The summed E-state index contributed by atoms with van der Waals surface area (Å²) in [5.41, 5.74) is 0. The van der Waals surface area contributed by atoms with Gasteiger partial charge in [0.2, 0.25) is 0 Å². The zero-order valence-electron chi connectivity index (χ0n) is 12.1. The van der Waals surface area contributed by atoms with E-state index in [0.717, 1.165) is 45.7 Å². The van der Waals surface area contributed by atoms with Crippen LogP contribution in [0.4, 0.5) is 0 Å². The Kier molecular flexibility index (Phi) is 5.19. The third-order valence-electron chi connectivity index (χ3n) is 4.54. The molecule has 2 fully saturated rings. The Morgan fingerprint density at radius 1 is 1.32 bits per heavy atom. The second-order valence-electron chi connectivity index (χ2n) is 6.13. The highest BCUT2D eigenvalue weighted by molar-refractivity contribution is 5.70. The van der Waals surface area contributed by atoms with Gasteiger partial charge < -0.3 is 15.3 Å². The van der Waals surface area contributed by atoms with E-state index in [1.807, 2.05) is 0 Å². The number of carboxylic acid groups (broad SMARTS) is 1. The first-order chi connectivity index (χ1) is 9.08. The van der Waals surface area contributed by atoms with Crippen LogP contribution >= 0.6 is 0 Å². The molecule has 2 heterocycles. The molecule has 0 saturated carbocycles. The van der Waals surface area contributed by atoms with Gasteiger partial charge in [0.15, 0.2) is 0 Å². The first-order valence-electron chi connectivity index (χ1n) is 7.48. The van der Waals surface area contributed by atoms with E-state index in [9.17, 15) is 9.90 Å². The van der Waals surface area contributed by atoms with Crippen molar-refractivity contribution in [3.05, 3.63) is 0 Å². The van der Waals surface area contributed by atoms with E-state index in [-0.39, 0.29) is 5.92 Å². The predicted molar refractivity (Wildman–Crippen MR) is 75.3 cm³/mol. The van der Waals surface area contributed by atoms with Gasteiger partial charge in [0.25, 0.3) is 0 Å². The molecule has 0 bridgehead atoms. The molecule has 0 aromatic heterocycles. The molecule has 2 atom stereocenters. The number of hydrogen-bond acceptors (Lipinski definition) is 4. The number of carbonyl (C=O) groups is 1. The van der Waals surface area contributed by atoms with E-state index >= 15 is 0 Å². The predicted octanol–water partition coefficient (Wildman–Crippen LogP) is 0.323. The number of nitrogens with zero attached hydrogens (tertiary/aromatic N) is 2. The van der Waals surface area contributed by atoms with Crippen molar-refractivity contribution in [3.8, 4) is 0 Å². The number of aliphatic carboxylic acids is 1. The number of piperazine rings is 1. The van der Waals surface area contributed by atoms with E-state index in [1.54, 1.807) is 0 Å². The SMILES string of the molecule is CC(C)N1CCC(C(CN2CCNCC2)C(=O)O)C1. The molecule has 0 aliphatic carbocycles. The van der Waals surface area contributed by atoms with E-state index in [0.29, 0.717) is 18.5 Å². The normalized spacial score (nSPS) is 27.8. The molecule has 2 aliphatic rings. The second kappa shape index (κ2) is 6.68. The summed E-state index contributed by atoms with van der Waals surface area (Å²) >= 11 is 0. The van der Waals surface area contributed by atoms with Gasteiger partial charge in [-0.15, -0.1) is 0 Å². The zero-order valence-corrected chi connectivity index (χ0v) is 12.1. The third-order valence-corrected chi connectivity index (χ3v) is 4.54. The summed E-state index contributed by atoms with van der Waals surface area (Å²) in [6.07, 6.45) is 1.03. The van der Waals surface area contributed by atoms with Crippen molar-refractivity contribution in [2.24, 2.45) is 11.8 Å². The van der Waals surface area contributed by atoms with Crippen LogP contribution in [-0.4, -0.2) is 72.7 Å². The molecule has 5 nitrogen and oxygen atoms in total. The summed E-state index contributed by atoms with van der Waals surface area (Å²) in [6.45, 7) is 11.0. The molecular formula is C14H27N3O2. The second-order valence-corrected chi connectivity index (χ2v) is 6.13. The maximum absolute atomic E-state index is 11.6. The lowest BCUT2D eigenvalue weighted by Gasteiger charge is -2.31. The van der Waals surface area contributed by atoms with Crippen molar-refractivity contribution in [1.29, 1.82) is 0 Å². The maximum Gasteiger partial charge on any atom is 0.308 e. The summed E-state index contributed by atoms with van der Waals surface area (Å²) < 4.78 is 0. The van der Waals surface area contributed by atoms with Crippen LogP contribution in [-0.2, 0) is 4.79 Å². The Hall–Kier alpha value is -0.650. The van der Waals surface area contributed by atoms with E-state index in [1.165, 1.54) is 0 Å². The van der Waals surface area contributed by atoms with Gasteiger partial charge in [0.1, 0.15) is 0 Å². The van der Waals surface area contributed by atoms with Gasteiger partial charge in [-0.2, -0.15) is 0 Å². The fourth-order valence-electron chi connectivity index (χ4n) is 3.21. The van der Waals surface area contributed by atoms with Crippen LogP contribution in [0.15, 0.2) is 0 Å². The molecule has 0 spiro atoms. The molecule has 110 valence electrons. The first-order valence-corrected chi connectivity index (χ1v) is 7.48. The van der Waals surface area contributed by atoms with Crippen molar-refractivity contribution >= 4 is 5.97 Å². The van der Waals surface area contributed by atoms with Gasteiger partial charge in [-0.05, 0) is 32.7 Å². The van der Waals surface area contributed by atoms with Gasteiger partial charge in [0, 0.05) is 45.3 Å². The molecule has 19 heavy (non-hydrogen) atoms. The summed E-state index contributed by atoms with van der Waals surface area (Å²) in [6, 6.07) is 0.527. The molecule has 2 N–H and O–H groups in total. The molecule has 0 amide bonds. The minimum Gasteiger partial charge on any atom is -0.481 e. The highest BCUT2D eigenvalue weighted by Gasteiger charge is 2.35. The van der Waals surface area contributed by atoms with Gasteiger partial charge in [-0.25, -0.2) is 0 Å². The molecule has 0 radical (unpaired) electrons. The Labute approximate surface area is 115 Å². The van der Waals surface area contributed by atoms with Gasteiger partial charge in [0.05, 0.1) is 5.92 Å². The number of carboxylic acids is 1. The minimum atomic E-state index is -0.617. The monoisotopic (exact) mass is 269 g/mol. The summed E-state index contributed by atoms with van der Waals surface area (Å²) in [5, 5.41) is 12.8. The molecule has 2 saturated heterocycles. The van der Waals surface area contributed by atoms with Crippen molar-refractivity contribution in [1.82, 2.24) is 15.1 Å². The first kappa shape index (κ1) is 14.8. The van der Waals surface area contributed by atoms with Gasteiger partial charge in [-0.1, -0.05) is 0 Å². The highest BCUT2D eigenvalue weighted by atomic mass is 16.4. The highest BCUT2D eigenvalue weighted by Crippen LogP contribution is 2.26. The standard InChI is InChI=1S/C14H27N3O2/c1-11(2)17-6-3-12(9-17)13(14(18)19)10-16-7-4-15-5-8-16/h11-13,15H,3-10H2,1-2H3,(H,18,19). The van der Waals surface area contributed by atoms with Gasteiger partial charge in [-0.3, -0.25) is 9.69 Å². The topological polar surface area (TPSA) is 55.8 Å². The Morgan fingerprint density at radius 3 is 2.53 bits per heavy atom. The van der Waals surface area contributed by atoms with Crippen LogP contribution < -0.4 is 5.32 Å². The van der Waals surface area contributed by atoms with Crippen molar-refractivity contribution < 1.29 is 9.90 Å². The lowest BCUT2D eigenvalue weighted by atomic mass is 9.91. The number of nitrogens with one attached hydrogen (secondary N) is 1. The number of rotatable bonds is 5. The average molecular weight is 269 g/mol. The molecule has 2 rings (SSSR count). The molecule has 2 aliphatic heterocycles. The van der Waals surface area contributed by atoms with E-state index < -0.39 is 5.97 Å². The van der Waals surface area contributed by atoms with Crippen LogP contribution in [0.25, 0.3) is 0 Å². The fraction of sp³-hybridized carbons (Fsp3) is 0.929. The number of hydrogen-bond donors (Lipinski definition) is 2. The number of likely N-dealkylation sites (tertiary alicyclic amines) is 1. The Bertz CT molecular complexity index is 303. The molecule has 0 aromatic carbocycles. The molecule has 5 heteroatoms. The summed E-state index contributed by atoms with van der Waals surface area (Å²) in [5.74, 6) is -0.509.